The van der Waals surface area contributed by atoms with Gasteiger partial charge in [-0.05, 0) is 43.5 Å². The van der Waals surface area contributed by atoms with Gasteiger partial charge >= 0.3 is 5.97 Å². The number of aromatic carboxylic acids is 1. The summed E-state index contributed by atoms with van der Waals surface area (Å²) in [5.74, 6) is -0.0626. The molecule has 112 valence electrons. The molecule has 0 radical (unpaired) electrons. The van der Waals surface area contributed by atoms with Gasteiger partial charge < -0.3 is 9.84 Å². The minimum atomic E-state index is -0.880. The van der Waals surface area contributed by atoms with E-state index in [-0.39, 0.29) is 0 Å². The number of aryl methyl sites for hydroxylation is 2. The van der Waals surface area contributed by atoms with Crippen molar-refractivity contribution in [2.45, 2.75) is 39.7 Å². The Hall–Kier alpha value is -1.81. The fourth-order valence-corrected chi connectivity index (χ4v) is 2.93. The van der Waals surface area contributed by atoms with E-state index in [1.54, 1.807) is 6.07 Å². The Kier molecular flexibility index (Phi) is 5.39. The highest BCUT2D eigenvalue weighted by atomic mass is 32.1. The zero-order valence-corrected chi connectivity index (χ0v) is 13.2. The summed E-state index contributed by atoms with van der Waals surface area (Å²) in [5, 5.41) is 8.98. The third-order valence-corrected chi connectivity index (χ3v) is 4.45. The minimum Gasteiger partial charge on any atom is -0.489 e. The summed E-state index contributed by atoms with van der Waals surface area (Å²) in [5.41, 5.74) is 2.26. The van der Waals surface area contributed by atoms with Gasteiger partial charge in [-0.15, -0.1) is 11.3 Å². The summed E-state index contributed by atoms with van der Waals surface area (Å²) in [7, 11) is 0. The average molecular weight is 304 g/mol. The second-order valence-electron chi connectivity index (χ2n) is 5.03. The van der Waals surface area contributed by atoms with Gasteiger partial charge in [0.1, 0.15) is 17.2 Å². The number of hydrogen-bond acceptors (Lipinski definition) is 3. The molecule has 1 N–H and O–H groups in total. The first kappa shape index (κ1) is 15.6. The standard InChI is InChI=1S/C17H20O3S/c1-3-4-5-13-6-8-15(9-7-13)20-11-14-10-16(17(18)19)21-12(14)2/h6-10H,3-5,11H2,1-2H3,(H,18,19). The van der Waals surface area contributed by atoms with Crippen molar-refractivity contribution >= 4 is 17.3 Å². The third-order valence-electron chi connectivity index (χ3n) is 3.37. The average Bonchev–Trinajstić information content (AvgIpc) is 2.85. The molecule has 0 unspecified atom stereocenters. The zero-order chi connectivity index (χ0) is 15.2. The Morgan fingerprint density at radius 2 is 2.00 bits per heavy atom. The van der Waals surface area contributed by atoms with E-state index < -0.39 is 5.97 Å². The number of thiophene rings is 1. The highest BCUT2D eigenvalue weighted by Crippen LogP contribution is 2.23. The first-order valence-corrected chi connectivity index (χ1v) is 7.96. The molecule has 0 saturated carbocycles. The highest BCUT2D eigenvalue weighted by Gasteiger charge is 2.11. The second kappa shape index (κ2) is 7.27. The number of rotatable bonds is 7. The Balaban J connectivity index is 1.95. The topological polar surface area (TPSA) is 46.5 Å². The fourth-order valence-electron chi connectivity index (χ4n) is 2.06. The normalized spacial score (nSPS) is 10.6. The number of unbranched alkanes of at least 4 members (excludes halogenated alkanes) is 1. The molecular formula is C17H20O3S. The van der Waals surface area contributed by atoms with Crippen molar-refractivity contribution in [1.29, 1.82) is 0 Å². The van der Waals surface area contributed by atoms with E-state index in [9.17, 15) is 4.79 Å². The molecule has 0 bridgehead atoms. The van der Waals surface area contributed by atoms with E-state index in [0.717, 1.165) is 22.6 Å². The van der Waals surface area contributed by atoms with Crippen molar-refractivity contribution in [2.75, 3.05) is 0 Å². The van der Waals surface area contributed by atoms with E-state index in [2.05, 4.69) is 19.1 Å². The van der Waals surface area contributed by atoms with Crippen molar-refractivity contribution in [3.8, 4) is 5.75 Å². The first-order chi connectivity index (χ1) is 10.1. The second-order valence-corrected chi connectivity index (χ2v) is 6.29. The molecule has 1 aromatic carbocycles. The van der Waals surface area contributed by atoms with Crippen LogP contribution in [0.3, 0.4) is 0 Å². The number of carbonyl (C=O) groups is 1. The maximum atomic E-state index is 10.9. The molecule has 0 atom stereocenters. The van der Waals surface area contributed by atoms with Crippen molar-refractivity contribution in [3.05, 3.63) is 51.2 Å². The largest absolute Gasteiger partial charge is 0.489 e. The molecule has 0 amide bonds. The van der Waals surface area contributed by atoms with Gasteiger partial charge in [0, 0.05) is 10.4 Å². The number of hydrogen-bond donors (Lipinski definition) is 1. The Bertz CT molecular complexity index is 599. The smallest absolute Gasteiger partial charge is 0.345 e. The summed E-state index contributed by atoms with van der Waals surface area (Å²) in [6.45, 7) is 4.51. The SMILES string of the molecule is CCCCc1ccc(OCc2cc(C(=O)O)sc2C)cc1. The summed E-state index contributed by atoms with van der Waals surface area (Å²) in [4.78, 5) is 12.3. The van der Waals surface area contributed by atoms with E-state index in [1.807, 2.05) is 19.1 Å². The van der Waals surface area contributed by atoms with Crippen molar-refractivity contribution in [3.63, 3.8) is 0 Å². The molecule has 0 fully saturated rings. The quantitative estimate of drug-likeness (QED) is 0.808. The van der Waals surface area contributed by atoms with Crippen LogP contribution in [0.5, 0.6) is 5.75 Å². The lowest BCUT2D eigenvalue weighted by atomic mass is 10.1. The summed E-state index contributed by atoms with van der Waals surface area (Å²) in [6, 6.07) is 9.83. The summed E-state index contributed by atoms with van der Waals surface area (Å²) < 4.78 is 5.74. The molecule has 0 saturated heterocycles. The molecule has 1 aromatic heterocycles. The fraction of sp³-hybridized carbons (Fsp3) is 0.353. The van der Waals surface area contributed by atoms with Gasteiger partial charge in [-0.3, -0.25) is 0 Å². The molecule has 0 aliphatic carbocycles. The lowest BCUT2D eigenvalue weighted by Crippen LogP contribution is -1.96. The van der Waals surface area contributed by atoms with Gasteiger partial charge in [-0.25, -0.2) is 4.79 Å². The highest BCUT2D eigenvalue weighted by molar-refractivity contribution is 7.14. The number of carboxylic acids is 1. The van der Waals surface area contributed by atoms with Gasteiger partial charge in [0.05, 0.1) is 0 Å². The lowest BCUT2D eigenvalue weighted by molar-refractivity contribution is 0.0702. The maximum absolute atomic E-state index is 10.9. The molecule has 4 heteroatoms. The van der Waals surface area contributed by atoms with Crippen LogP contribution in [0, 0.1) is 6.92 Å². The van der Waals surface area contributed by atoms with E-state index in [1.165, 1.54) is 29.7 Å². The third kappa shape index (κ3) is 4.33. The van der Waals surface area contributed by atoms with Crippen LogP contribution in [-0.2, 0) is 13.0 Å². The molecule has 0 spiro atoms. The van der Waals surface area contributed by atoms with Crippen LogP contribution in [0.15, 0.2) is 30.3 Å². The Labute approximate surface area is 129 Å². The van der Waals surface area contributed by atoms with Gasteiger partial charge in [-0.2, -0.15) is 0 Å². The van der Waals surface area contributed by atoms with Gasteiger partial charge in [0.25, 0.3) is 0 Å². The van der Waals surface area contributed by atoms with E-state index in [4.69, 9.17) is 9.84 Å². The van der Waals surface area contributed by atoms with Gasteiger partial charge in [0.15, 0.2) is 0 Å². The van der Waals surface area contributed by atoms with Crippen molar-refractivity contribution in [1.82, 2.24) is 0 Å². The van der Waals surface area contributed by atoms with E-state index in [0.29, 0.717) is 11.5 Å². The maximum Gasteiger partial charge on any atom is 0.345 e. The molecule has 3 nitrogen and oxygen atoms in total. The monoisotopic (exact) mass is 304 g/mol. The zero-order valence-electron chi connectivity index (χ0n) is 12.4. The van der Waals surface area contributed by atoms with E-state index >= 15 is 0 Å². The molecule has 0 aliphatic heterocycles. The molecule has 1 heterocycles. The number of benzene rings is 1. The minimum absolute atomic E-state index is 0.362. The molecular weight excluding hydrogens is 284 g/mol. The predicted molar refractivity (Wildman–Crippen MR) is 85.4 cm³/mol. The van der Waals surface area contributed by atoms with Crippen LogP contribution >= 0.6 is 11.3 Å². The first-order valence-electron chi connectivity index (χ1n) is 7.14. The summed E-state index contributed by atoms with van der Waals surface area (Å²) in [6.07, 6.45) is 3.50. The number of ether oxygens (including phenoxy) is 1. The van der Waals surface area contributed by atoms with Gasteiger partial charge in [-0.1, -0.05) is 25.5 Å². The van der Waals surface area contributed by atoms with Crippen molar-refractivity contribution < 1.29 is 14.6 Å². The predicted octanol–water partition coefficient (Wildman–Crippen LogP) is 4.68. The summed E-state index contributed by atoms with van der Waals surface area (Å²) >= 11 is 1.29. The molecule has 0 aliphatic rings. The van der Waals surface area contributed by atoms with Crippen LogP contribution in [-0.4, -0.2) is 11.1 Å². The van der Waals surface area contributed by atoms with Crippen LogP contribution in [0.2, 0.25) is 0 Å². The molecule has 2 aromatic rings. The number of carboxylic acid groups (broad SMARTS) is 1. The Morgan fingerprint density at radius 1 is 1.29 bits per heavy atom. The van der Waals surface area contributed by atoms with Crippen LogP contribution < -0.4 is 4.74 Å². The van der Waals surface area contributed by atoms with Gasteiger partial charge in [0.2, 0.25) is 0 Å². The van der Waals surface area contributed by atoms with Crippen LogP contribution in [0.4, 0.5) is 0 Å². The van der Waals surface area contributed by atoms with Crippen LogP contribution in [0.1, 0.15) is 45.4 Å². The molecule has 2 rings (SSSR count). The Morgan fingerprint density at radius 3 is 2.57 bits per heavy atom. The molecule has 21 heavy (non-hydrogen) atoms. The van der Waals surface area contributed by atoms with Crippen molar-refractivity contribution in [2.24, 2.45) is 0 Å². The van der Waals surface area contributed by atoms with Crippen LogP contribution in [0.25, 0.3) is 0 Å². The lowest BCUT2D eigenvalue weighted by Gasteiger charge is -2.07.